The highest BCUT2D eigenvalue weighted by molar-refractivity contribution is 5.46. The second kappa shape index (κ2) is 4.97. The lowest BCUT2D eigenvalue weighted by Crippen LogP contribution is -2.44. The summed E-state index contributed by atoms with van der Waals surface area (Å²) in [7, 11) is 0. The molecule has 0 saturated heterocycles. The Morgan fingerprint density at radius 1 is 1.18 bits per heavy atom. The molecule has 0 heterocycles. The van der Waals surface area contributed by atoms with E-state index in [4.69, 9.17) is 0 Å². The van der Waals surface area contributed by atoms with Gasteiger partial charge < -0.3 is 15.3 Å². The van der Waals surface area contributed by atoms with Gasteiger partial charge in [-0.25, -0.2) is 0 Å². The van der Waals surface area contributed by atoms with Gasteiger partial charge in [0.1, 0.15) is 5.75 Å². The average molecular weight is 302 g/mol. The van der Waals surface area contributed by atoms with Gasteiger partial charge in [-0.1, -0.05) is 6.92 Å². The smallest absolute Gasteiger partial charge is 0.116 e. The van der Waals surface area contributed by atoms with Crippen molar-refractivity contribution in [3.63, 3.8) is 0 Å². The van der Waals surface area contributed by atoms with E-state index in [0.717, 1.165) is 44.1 Å². The second-order valence-electron chi connectivity index (χ2n) is 7.89. The summed E-state index contributed by atoms with van der Waals surface area (Å²) in [4.78, 5) is 0. The molecule has 3 heteroatoms. The molecule has 2 saturated carbocycles. The Morgan fingerprint density at radius 3 is 2.77 bits per heavy atom. The van der Waals surface area contributed by atoms with E-state index in [9.17, 15) is 15.3 Å². The number of fused-ring (bicyclic) bond motifs is 5. The molecule has 0 amide bonds. The first-order valence-corrected chi connectivity index (χ1v) is 8.68. The van der Waals surface area contributed by atoms with Crippen molar-refractivity contribution in [2.24, 2.45) is 17.3 Å². The van der Waals surface area contributed by atoms with Gasteiger partial charge in [0, 0.05) is 0 Å². The molecule has 3 N–H and O–H groups in total. The largest absolute Gasteiger partial charge is 0.508 e. The Kier molecular flexibility index (Phi) is 3.28. The fourth-order valence-corrected chi connectivity index (χ4v) is 5.92. The third kappa shape index (κ3) is 1.88. The summed E-state index contributed by atoms with van der Waals surface area (Å²) in [5.41, 5.74) is 3.54. The van der Waals surface area contributed by atoms with Crippen LogP contribution in [0.1, 0.15) is 61.6 Å². The third-order valence-electron chi connectivity index (χ3n) is 7.01. The van der Waals surface area contributed by atoms with Crippen LogP contribution in [-0.2, 0) is 13.0 Å². The summed E-state index contributed by atoms with van der Waals surface area (Å²) in [5, 5.41) is 30.0. The molecular formula is C19H26O3. The lowest BCUT2D eigenvalue weighted by molar-refractivity contribution is -0.0228. The highest BCUT2D eigenvalue weighted by Gasteiger charge is 2.54. The number of hydrogen-bond acceptors (Lipinski definition) is 3. The Labute approximate surface area is 132 Å². The number of aliphatic hydroxyl groups is 2. The standard InChI is InChI=1S/C19H26O3/c1-19-7-6-15-14(16(19)4-5-17(19)22)3-2-11-8-13(21)9-12(10-20)18(11)15/h8-9,14-17,20-22H,2-7,10H2,1H3/t14-,15+,16+,17+,19+/m1/s1. The zero-order valence-electron chi connectivity index (χ0n) is 13.3. The van der Waals surface area contributed by atoms with Crippen molar-refractivity contribution in [1.29, 1.82) is 0 Å². The second-order valence-corrected chi connectivity index (χ2v) is 7.89. The molecule has 22 heavy (non-hydrogen) atoms. The molecule has 3 aliphatic rings. The van der Waals surface area contributed by atoms with E-state index in [0.29, 0.717) is 17.8 Å². The van der Waals surface area contributed by atoms with Crippen LogP contribution in [-0.4, -0.2) is 21.4 Å². The number of hydrogen-bond donors (Lipinski definition) is 3. The molecule has 3 nitrogen and oxygen atoms in total. The number of aryl methyl sites for hydroxylation is 1. The van der Waals surface area contributed by atoms with Crippen LogP contribution in [0, 0.1) is 17.3 Å². The van der Waals surface area contributed by atoms with Gasteiger partial charge in [-0.3, -0.25) is 0 Å². The van der Waals surface area contributed by atoms with E-state index in [2.05, 4.69) is 6.92 Å². The molecule has 1 aromatic carbocycles. The Bertz CT molecular complexity index is 579. The van der Waals surface area contributed by atoms with E-state index >= 15 is 0 Å². The molecule has 0 aliphatic heterocycles. The van der Waals surface area contributed by atoms with Gasteiger partial charge in [-0.05, 0) is 90.5 Å². The van der Waals surface area contributed by atoms with Crippen molar-refractivity contribution in [3.05, 3.63) is 28.8 Å². The first-order valence-electron chi connectivity index (χ1n) is 8.68. The fraction of sp³-hybridized carbons (Fsp3) is 0.684. The van der Waals surface area contributed by atoms with E-state index in [1.165, 1.54) is 11.1 Å². The zero-order valence-corrected chi connectivity index (χ0v) is 13.3. The van der Waals surface area contributed by atoms with Crippen LogP contribution in [0.3, 0.4) is 0 Å². The van der Waals surface area contributed by atoms with E-state index in [-0.39, 0.29) is 23.9 Å². The van der Waals surface area contributed by atoms with Crippen LogP contribution in [0.2, 0.25) is 0 Å². The van der Waals surface area contributed by atoms with Gasteiger partial charge in [-0.15, -0.1) is 0 Å². The quantitative estimate of drug-likeness (QED) is 0.747. The number of phenolic OH excluding ortho intramolecular Hbond substituents is 1. The Hall–Kier alpha value is -1.06. The lowest BCUT2D eigenvalue weighted by Gasteiger charge is -2.50. The molecule has 3 aliphatic carbocycles. The summed E-state index contributed by atoms with van der Waals surface area (Å²) in [5.74, 6) is 2.00. The maximum atomic E-state index is 10.4. The number of aromatic hydroxyl groups is 1. The minimum absolute atomic E-state index is 0.00448. The van der Waals surface area contributed by atoms with Crippen LogP contribution in [0.5, 0.6) is 5.75 Å². The van der Waals surface area contributed by atoms with Crippen LogP contribution >= 0.6 is 0 Å². The summed E-state index contributed by atoms with van der Waals surface area (Å²) in [6.45, 7) is 2.29. The number of benzene rings is 1. The molecule has 0 radical (unpaired) electrons. The topological polar surface area (TPSA) is 60.7 Å². The predicted octanol–water partition coefficient (Wildman–Crippen LogP) is 3.10. The molecule has 0 aromatic heterocycles. The molecule has 4 rings (SSSR count). The maximum Gasteiger partial charge on any atom is 0.116 e. The van der Waals surface area contributed by atoms with E-state index in [1.807, 2.05) is 6.07 Å². The molecule has 5 atom stereocenters. The maximum absolute atomic E-state index is 10.4. The third-order valence-corrected chi connectivity index (χ3v) is 7.01. The van der Waals surface area contributed by atoms with E-state index in [1.54, 1.807) is 6.07 Å². The Morgan fingerprint density at radius 2 is 2.00 bits per heavy atom. The summed E-state index contributed by atoms with van der Waals surface area (Å²) < 4.78 is 0. The molecule has 120 valence electrons. The molecule has 0 spiro atoms. The highest BCUT2D eigenvalue weighted by Crippen LogP contribution is 2.61. The fourth-order valence-electron chi connectivity index (χ4n) is 5.92. The first-order chi connectivity index (χ1) is 10.5. The molecular weight excluding hydrogens is 276 g/mol. The monoisotopic (exact) mass is 302 g/mol. The van der Waals surface area contributed by atoms with Crippen LogP contribution in [0.4, 0.5) is 0 Å². The van der Waals surface area contributed by atoms with Crippen molar-refractivity contribution < 1.29 is 15.3 Å². The van der Waals surface area contributed by atoms with Gasteiger partial charge in [0.15, 0.2) is 0 Å². The predicted molar refractivity (Wildman–Crippen MR) is 84.7 cm³/mol. The van der Waals surface area contributed by atoms with Crippen molar-refractivity contribution >= 4 is 0 Å². The molecule has 2 fully saturated rings. The summed E-state index contributed by atoms with van der Waals surface area (Å²) >= 11 is 0. The first kappa shape index (κ1) is 14.5. The van der Waals surface area contributed by atoms with Gasteiger partial charge >= 0.3 is 0 Å². The minimum atomic E-state index is -0.142. The number of rotatable bonds is 1. The van der Waals surface area contributed by atoms with Crippen LogP contribution in [0.25, 0.3) is 0 Å². The van der Waals surface area contributed by atoms with Gasteiger partial charge in [0.2, 0.25) is 0 Å². The van der Waals surface area contributed by atoms with Crippen molar-refractivity contribution in [2.75, 3.05) is 0 Å². The van der Waals surface area contributed by atoms with Crippen LogP contribution in [0.15, 0.2) is 12.1 Å². The highest BCUT2D eigenvalue weighted by atomic mass is 16.3. The van der Waals surface area contributed by atoms with Crippen LogP contribution < -0.4 is 0 Å². The normalized spacial score (nSPS) is 40.0. The average Bonchev–Trinajstić information content (AvgIpc) is 2.81. The lowest BCUT2D eigenvalue weighted by atomic mass is 9.55. The summed E-state index contributed by atoms with van der Waals surface area (Å²) in [6.07, 6.45) is 6.25. The molecule has 1 aromatic rings. The Balaban J connectivity index is 1.76. The summed E-state index contributed by atoms with van der Waals surface area (Å²) in [6, 6.07) is 3.63. The SMILES string of the molecule is C[C@]12CC[C@@H]3c4c(CO)cc(O)cc4CC[C@H]3[C@@H]1CC[C@@H]2O. The van der Waals surface area contributed by atoms with Crippen molar-refractivity contribution in [2.45, 2.75) is 64.1 Å². The van der Waals surface area contributed by atoms with Crippen molar-refractivity contribution in [1.82, 2.24) is 0 Å². The van der Waals surface area contributed by atoms with E-state index < -0.39 is 0 Å². The minimum Gasteiger partial charge on any atom is -0.508 e. The number of phenols is 1. The van der Waals surface area contributed by atoms with Crippen molar-refractivity contribution in [3.8, 4) is 5.75 Å². The number of aliphatic hydroxyl groups excluding tert-OH is 2. The van der Waals surface area contributed by atoms with Gasteiger partial charge in [0.05, 0.1) is 12.7 Å². The zero-order chi connectivity index (χ0) is 15.5. The molecule has 0 bridgehead atoms. The molecule has 0 unspecified atom stereocenters. The van der Waals surface area contributed by atoms with Gasteiger partial charge in [-0.2, -0.15) is 0 Å². The van der Waals surface area contributed by atoms with Gasteiger partial charge in [0.25, 0.3) is 0 Å².